The number of carbonyl (C=O) groups excluding carboxylic acids is 1. The maximum Gasteiger partial charge on any atom is 0.145 e. The first-order valence-corrected chi connectivity index (χ1v) is 8.76. The van der Waals surface area contributed by atoms with Gasteiger partial charge in [0, 0.05) is 25.4 Å². The number of carbonyl (C=O) groups is 1. The summed E-state index contributed by atoms with van der Waals surface area (Å²) < 4.78 is 5.86. The number of methoxy groups -OCH3 is 1. The van der Waals surface area contributed by atoms with Gasteiger partial charge in [-0.15, -0.1) is 0 Å². The zero-order valence-corrected chi connectivity index (χ0v) is 15.1. The first kappa shape index (κ1) is 18.4. The molecule has 1 fully saturated rings. The molecule has 0 spiro atoms. The van der Waals surface area contributed by atoms with E-state index in [1.165, 1.54) is 44.6 Å². The summed E-state index contributed by atoms with van der Waals surface area (Å²) in [6.45, 7) is 0. The Kier molecular flexibility index (Phi) is 7.18. The molecule has 1 aromatic rings. The predicted octanol–water partition coefficient (Wildman–Crippen LogP) is 3.98. The van der Waals surface area contributed by atoms with E-state index < -0.39 is 0 Å². The fourth-order valence-electron chi connectivity index (χ4n) is 3.04. The van der Waals surface area contributed by atoms with Crippen LogP contribution in [0.15, 0.2) is 23.3 Å². The summed E-state index contributed by atoms with van der Waals surface area (Å²) in [6, 6.07) is 2.27. The van der Waals surface area contributed by atoms with E-state index in [0.717, 1.165) is 6.29 Å². The Morgan fingerprint density at radius 3 is 2.71 bits per heavy atom. The maximum atomic E-state index is 11.0. The van der Waals surface area contributed by atoms with Gasteiger partial charge in [-0.25, -0.2) is 4.99 Å². The van der Waals surface area contributed by atoms with Crippen LogP contribution in [-0.2, 0) is 4.79 Å². The number of H-pyrrole nitrogens is 1. The summed E-state index contributed by atoms with van der Waals surface area (Å²) in [7, 11) is 3.62. The molecule has 0 amide bonds. The number of pyridine rings is 1. The summed E-state index contributed by atoms with van der Waals surface area (Å²) in [5, 5.41) is 0. The minimum atomic E-state index is 0.497. The number of rotatable bonds is 6. The highest BCUT2D eigenvalue weighted by Crippen LogP contribution is 2.27. The quantitative estimate of drug-likeness (QED) is 0.211. The average Bonchev–Trinajstić information content (AvgIpc) is 2.87. The lowest BCUT2D eigenvalue weighted by Gasteiger charge is -2.24. The predicted molar refractivity (Wildman–Crippen MR) is 100.0 cm³/mol. The van der Waals surface area contributed by atoms with Crippen LogP contribution in [0.5, 0.6) is 5.75 Å². The van der Waals surface area contributed by atoms with Crippen molar-refractivity contribution in [2.24, 2.45) is 4.99 Å². The van der Waals surface area contributed by atoms with Gasteiger partial charge in [0.25, 0.3) is 0 Å². The normalized spacial score (nSPS) is 16.8. The highest BCUT2D eigenvalue weighted by atomic mass is 32.1. The molecule has 1 aromatic heterocycles. The second kappa shape index (κ2) is 9.37. The molecule has 0 atom stereocenters. The minimum Gasteiger partial charge on any atom is -0.496 e. The van der Waals surface area contributed by atoms with Crippen molar-refractivity contribution in [1.82, 2.24) is 9.88 Å². The number of hydrogen-bond donors (Lipinski definition) is 1. The van der Waals surface area contributed by atoms with Crippen LogP contribution in [0.2, 0.25) is 0 Å². The van der Waals surface area contributed by atoms with Crippen molar-refractivity contribution < 1.29 is 9.53 Å². The molecule has 0 aromatic carbocycles. The van der Waals surface area contributed by atoms with Gasteiger partial charge < -0.3 is 14.6 Å². The number of nitrogens with zero attached hydrogens (tertiary/aromatic N) is 2. The van der Waals surface area contributed by atoms with Crippen LogP contribution in [0, 0.1) is 4.64 Å². The van der Waals surface area contributed by atoms with Gasteiger partial charge in [0.05, 0.1) is 24.7 Å². The number of aromatic nitrogens is 1. The van der Waals surface area contributed by atoms with Crippen LogP contribution in [0.4, 0.5) is 0 Å². The summed E-state index contributed by atoms with van der Waals surface area (Å²) in [4.78, 5) is 20.7. The number of ether oxygens (including phenoxy) is 1. The molecule has 2 rings (SSSR count). The first-order chi connectivity index (χ1) is 11.7. The van der Waals surface area contributed by atoms with E-state index >= 15 is 0 Å². The standard InChI is InChI=1S/C18H25N3O2S/c1-21(14-7-5-3-4-6-8-14)13-20-15(10-12-22)17-16(23-2)9-11-19-18(17)24/h9-14H,3-8H2,1-2H3,(H,19,24)/b15-10-,20-13?. The molecular weight excluding hydrogens is 322 g/mol. The van der Waals surface area contributed by atoms with Crippen molar-refractivity contribution in [3.8, 4) is 5.75 Å². The van der Waals surface area contributed by atoms with Gasteiger partial charge in [-0.1, -0.05) is 37.9 Å². The zero-order chi connectivity index (χ0) is 17.4. The van der Waals surface area contributed by atoms with Crippen molar-refractivity contribution in [3.05, 3.63) is 28.5 Å². The van der Waals surface area contributed by atoms with Crippen molar-refractivity contribution in [2.45, 2.75) is 44.6 Å². The molecular formula is C18H25N3O2S. The highest BCUT2D eigenvalue weighted by molar-refractivity contribution is 7.71. The first-order valence-electron chi connectivity index (χ1n) is 8.35. The third kappa shape index (κ3) is 4.77. The monoisotopic (exact) mass is 347 g/mol. The van der Waals surface area contributed by atoms with Crippen LogP contribution >= 0.6 is 12.2 Å². The van der Waals surface area contributed by atoms with Gasteiger partial charge in [-0.05, 0) is 18.9 Å². The van der Waals surface area contributed by atoms with Crippen LogP contribution in [0.3, 0.4) is 0 Å². The molecule has 0 radical (unpaired) electrons. The Morgan fingerprint density at radius 2 is 2.08 bits per heavy atom. The lowest BCUT2D eigenvalue weighted by molar-refractivity contribution is -0.104. The fraction of sp³-hybridized carbons (Fsp3) is 0.500. The van der Waals surface area contributed by atoms with E-state index in [9.17, 15) is 4.79 Å². The summed E-state index contributed by atoms with van der Waals surface area (Å²) in [5.41, 5.74) is 1.14. The molecule has 1 heterocycles. The minimum absolute atomic E-state index is 0.497. The largest absolute Gasteiger partial charge is 0.496 e. The van der Waals surface area contributed by atoms with Crippen LogP contribution in [0.1, 0.15) is 44.1 Å². The smallest absolute Gasteiger partial charge is 0.145 e. The second-order valence-electron chi connectivity index (χ2n) is 5.99. The van der Waals surface area contributed by atoms with Gasteiger partial charge in [-0.3, -0.25) is 4.79 Å². The molecule has 24 heavy (non-hydrogen) atoms. The molecule has 0 aliphatic heterocycles. The molecule has 1 saturated carbocycles. The molecule has 5 nitrogen and oxygen atoms in total. The summed E-state index contributed by atoms with van der Waals surface area (Å²) >= 11 is 5.34. The Hall–Kier alpha value is -1.95. The van der Waals surface area contributed by atoms with Gasteiger partial charge in [0.2, 0.25) is 0 Å². The van der Waals surface area contributed by atoms with E-state index in [-0.39, 0.29) is 0 Å². The number of allylic oxidation sites excluding steroid dienone is 1. The number of nitrogens with one attached hydrogen (secondary N) is 1. The molecule has 0 bridgehead atoms. The topological polar surface area (TPSA) is 57.7 Å². The van der Waals surface area contributed by atoms with Crippen LogP contribution in [0.25, 0.3) is 5.70 Å². The Morgan fingerprint density at radius 1 is 1.38 bits per heavy atom. The number of hydrogen-bond acceptors (Lipinski definition) is 4. The Labute approximate surface area is 148 Å². The lowest BCUT2D eigenvalue weighted by Crippen LogP contribution is -2.29. The molecule has 0 saturated heterocycles. The number of aldehydes is 1. The van der Waals surface area contributed by atoms with Crippen molar-refractivity contribution in [2.75, 3.05) is 14.2 Å². The summed E-state index contributed by atoms with van der Waals surface area (Å²) in [5.74, 6) is 0.598. The molecule has 130 valence electrons. The Balaban J connectivity index is 2.24. The van der Waals surface area contributed by atoms with Crippen molar-refractivity contribution in [3.63, 3.8) is 0 Å². The molecule has 6 heteroatoms. The van der Waals surface area contributed by atoms with E-state index in [2.05, 4.69) is 14.9 Å². The lowest BCUT2D eigenvalue weighted by atomic mass is 10.1. The zero-order valence-electron chi connectivity index (χ0n) is 14.3. The summed E-state index contributed by atoms with van der Waals surface area (Å²) in [6.07, 6.45) is 13.2. The van der Waals surface area contributed by atoms with Gasteiger partial charge in [-0.2, -0.15) is 0 Å². The Bertz CT molecular complexity index is 658. The molecule has 1 aliphatic carbocycles. The number of aromatic amines is 1. The van der Waals surface area contributed by atoms with Gasteiger partial charge in [0.1, 0.15) is 16.7 Å². The van der Waals surface area contributed by atoms with E-state index in [1.54, 1.807) is 25.7 Å². The van der Waals surface area contributed by atoms with Crippen LogP contribution < -0.4 is 4.74 Å². The van der Waals surface area contributed by atoms with Gasteiger partial charge >= 0.3 is 0 Å². The van der Waals surface area contributed by atoms with Crippen molar-refractivity contribution in [1.29, 1.82) is 0 Å². The molecule has 0 unspecified atom stereocenters. The third-order valence-corrected chi connectivity index (χ3v) is 4.73. The van der Waals surface area contributed by atoms with E-state index in [4.69, 9.17) is 17.0 Å². The van der Waals surface area contributed by atoms with Crippen LogP contribution in [-0.4, -0.2) is 42.7 Å². The third-order valence-electron chi connectivity index (χ3n) is 4.40. The SMILES string of the molecule is COc1cc[nH]c(=S)c1/C(=C/C=O)N=CN(C)C1CCCCCC1. The van der Waals surface area contributed by atoms with E-state index in [0.29, 0.717) is 27.7 Å². The van der Waals surface area contributed by atoms with Crippen molar-refractivity contribution >= 4 is 30.5 Å². The molecule has 1 aliphatic rings. The average molecular weight is 347 g/mol. The molecule has 1 N–H and O–H groups in total. The maximum absolute atomic E-state index is 11.0. The highest BCUT2D eigenvalue weighted by Gasteiger charge is 2.15. The second-order valence-corrected chi connectivity index (χ2v) is 6.40. The van der Waals surface area contributed by atoms with E-state index in [1.807, 2.05) is 7.05 Å². The van der Waals surface area contributed by atoms with Gasteiger partial charge in [0.15, 0.2) is 0 Å². The number of aliphatic imine (C=N–C) groups is 1. The fourth-order valence-corrected chi connectivity index (χ4v) is 3.31.